The fourth-order valence-electron chi connectivity index (χ4n) is 1.38. The summed E-state index contributed by atoms with van der Waals surface area (Å²) in [6.45, 7) is 0. The molecule has 2 rings (SSSR count). The molecule has 0 atom stereocenters. The number of para-hydroxylation sites is 1. The Morgan fingerprint density at radius 2 is 1.93 bits per heavy atom. The van der Waals surface area contributed by atoms with E-state index in [-0.39, 0.29) is 11.7 Å². The lowest BCUT2D eigenvalue weighted by Crippen LogP contribution is -2.13. The molecule has 0 aliphatic heterocycles. The molecule has 6 heteroatoms. The van der Waals surface area contributed by atoms with Crippen LogP contribution in [0.25, 0.3) is 11.0 Å². The van der Waals surface area contributed by atoms with E-state index in [0.717, 1.165) is 0 Å². The molecule has 6 nitrogen and oxygen atoms in total. The lowest BCUT2D eigenvalue weighted by Gasteiger charge is -1.97. The average molecular weight is 202 g/mol. The molecule has 0 fully saturated rings. The van der Waals surface area contributed by atoms with E-state index in [9.17, 15) is 0 Å². The van der Waals surface area contributed by atoms with Gasteiger partial charge in [0.05, 0.1) is 11.0 Å². The summed E-state index contributed by atoms with van der Waals surface area (Å²) in [6, 6.07) is 5.26. The highest BCUT2D eigenvalue weighted by molar-refractivity contribution is 6.06. The first-order valence-electron chi connectivity index (χ1n) is 4.27. The predicted octanol–water partition coefficient (Wildman–Crippen LogP) is 0.131. The van der Waals surface area contributed by atoms with Gasteiger partial charge in [-0.1, -0.05) is 6.07 Å². The number of rotatable bonds is 2. The lowest BCUT2D eigenvalue weighted by atomic mass is 10.2. The molecule has 0 saturated carbocycles. The first-order chi connectivity index (χ1) is 7.09. The molecular weight excluding hydrogens is 192 g/mol. The van der Waals surface area contributed by atoms with Gasteiger partial charge in [0.2, 0.25) is 0 Å². The molecule has 1 heterocycles. The second-order valence-corrected chi connectivity index (χ2v) is 3.11. The van der Waals surface area contributed by atoms with Gasteiger partial charge in [-0.25, -0.2) is 4.98 Å². The van der Waals surface area contributed by atoms with Crippen LogP contribution in [0.3, 0.4) is 0 Å². The Balaban J connectivity index is 2.75. The van der Waals surface area contributed by atoms with E-state index < -0.39 is 0 Å². The van der Waals surface area contributed by atoms with Gasteiger partial charge in [0.1, 0.15) is 5.84 Å². The molecule has 1 aromatic heterocycles. The number of nitrogens with one attached hydrogen (secondary N) is 3. The van der Waals surface area contributed by atoms with E-state index in [0.29, 0.717) is 22.4 Å². The molecule has 0 saturated heterocycles. The maximum atomic E-state index is 7.37. The molecule has 0 bridgehead atoms. The smallest absolute Gasteiger partial charge is 0.173 e. The van der Waals surface area contributed by atoms with E-state index in [1.54, 1.807) is 18.2 Å². The van der Waals surface area contributed by atoms with Crippen LogP contribution in [0.4, 0.5) is 0 Å². The Kier molecular flexibility index (Phi) is 1.89. The van der Waals surface area contributed by atoms with Gasteiger partial charge in [-0.2, -0.15) is 0 Å². The van der Waals surface area contributed by atoms with Crippen molar-refractivity contribution in [1.29, 1.82) is 10.8 Å². The van der Waals surface area contributed by atoms with Gasteiger partial charge in [0.25, 0.3) is 0 Å². The Labute approximate surface area is 85.3 Å². The maximum Gasteiger partial charge on any atom is 0.173 e. The summed E-state index contributed by atoms with van der Waals surface area (Å²) in [4.78, 5) is 6.98. The van der Waals surface area contributed by atoms with Gasteiger partial charge in [-0.3, -0.25) is 10.8 Å². The zero-order valence-electron chi connectivity index (χ0n) is 7.83. The standard InChI is InChI=1S/C9H10N6/c10-7(11)4-2-1-3-5-6(4)15-9(14-5)8(12)13/h1-3H,(H3,10,11)(H3,12,13)(H,14,15). The van der Waals surface area contributed by atoms with E-state index in [1.807, 2.05) is 0 Å². The van der Waals surface area contributed by atoms with Crippen LogP contribution < -0.4 is 11.5 Å². The zero-order valence-corrected chi connectivity index (χ0v) is 7.83. The fraction of sp³-hybridized carbons (Fsp3) is 0. The number of nitrogens with zero attached hydrogens (tertiary/aromatic N) is 1. The molecule has 0 spiro atoms. The highest BCUT2D eigenvalue weighted by Crippen LogP contribution is 2.15. The van der Waals surface area contributed by atoms with Crippen molar-refractivity contribution >= 4 is 22.7 Å². The van der Waals surface area contributed by atoms with E-state index in [2.05, 4.69) is 9.97 Å². The zero-order chi connectivity index (χ0) is 11.0. The Morgan fingerprint density at radius 1 is 1.20 bits per heavy atom. The molecule has 0 radical (unpaired) electrons. The van der Waals surface area contributed by atoms with Crippen LogP contribution in [0.2, 0.25) is 0 Å². The van der Waals surface area contributed by atoms with Crippen LogP contribution in [0.1, 0.15) is 11.4 Å². The number of nitrogen functional groups attached to an aromatic ring is 2. The first kappa shape index (κ1) is 9.20. The van der Waals surface area contributed by atoms with Gasteiger partial charge in [-0.05, 0) is 12.1 Å². The third kappa shape index (κ3) is 1.41. The fourth-order valence-corrected chi connectivity index (χ4v) is 1.38. The minimum absolute atomic E-state index is 0.0535. The molecule has 15 heavy (non-hydrogen) atoms. The topological polar surface area (TPSA) is 128 Å². The summed E-state index contributed by atoms with van der Waals surface area (Å²) >= 11 is 0. The van der Waals surface area contributed by atoms with Crippen LogP contribution in [0.5, 0.6) is 0 Å². The molecular formula is C9H10N6. The normalized spacial score (nSPS) is 10.4. The average Bonchev–Trinajstić information content (AvgIpc) is 2.60. The monoisotopic (exact) mass is 202 g/mol. The summed E-state index contributed by atoms with van der Waals surface area (Å²) < 4.78 is 0. The van der Waals surface area contributed by atoms with Gasteiger partial charge >= 0.3 is 0 Å². The second kappa shape index (κ2) is 3.09. The number of H-pyrrole nitrogens is 1. The molecule has 76 valence electrons. The largest absolute Gasteiger partial charge is 0.384 e. The Hall–Kier alpha value is -2.37. The van der Waals surface area contributed by atoms with E-state index in [1.165, 1.54) is 0 Å². The van der Waals surface area contributed by atoms with Crippen molar-refractivity contribution in [1.82, 2.24) is 9.97 Å². The number of hydrogen-bond donors (Lipinski definition) is 5. The van der Waals surface area contributed by atoms with Gasteiger partial charge in [0, 0.05) is 5.56 Å². The second-order valence-electron chi connectivity index (χ2n) is 3.11. The summed E-state index contributed by atoms with van der Waals surface area (Å²) in [7, 11) is 0. The van der Waals surface area contributed by atoms with Crippen molar-refractivity contribution in [2.24, 2.45) is 11.5 Å². The van der Waals surface area contributed by atoms with Crippen molar-refractivity contribution < 1.29 is 0 Å². The molecule has 2 aromatic rings. The minimum Gasteiger partial charge on any atom is -0.384 e. The molecule has 7 N–H and O–H groups in total. The van der Waals surface area contributed by atoms with Crippen LogP contribution in [0, 0.1) is 10.8 Å². The third-order valence-corrected chi connectivity index (χ3v) is 2.06. The minimum atomic E-state index is -0.138. The Bertz CT molecular complexity index is 553. The van der Waals surface area contributed by atoms with Gasteiger partial charge < -0.3 is 16.5 Å². The van der Waals surface area contributed by atoms with Crippen molar-refractivity contribution in [3.8, 4) is 0 Å². The summed E-state index contributed by atoms with van der Waals surface area (Å²) in [5.41, 5.74) is 12.5. The summed E-state index contributed by atoms with van der Waals surface area (Å²) in [6.07, 6.45) is 0. The van der Waals surface area contributed by atoms with Crippen molar-refractivity contribution in [3.63, 3.8) is 0 Å². The molecule has 0 aliphatic carbocycles. The quantitative estimate of drug-likeness (QED) is 0.350. The highest BCUT2D eigenvalue weighted by Gasteiger charge is 2.09. The molecule has 0 amide bonds. The summed E-state index contributed by atoms with van der Waals surface area (Å²) in [5, 5.41) is 14.6. The van der Waals surface area contributed by atoms with Crippen LogP contribution in [-0.4, -0.2) is 21.6 Å². The number of amidine groups is 2. The number of hydrogen-bond acceptors (Lipinski definition) is 3. The van der Waals surface area contributed by atoms with Crippen molar-refractivity contribution in [2.45, 2.75) is 0 Å². The lowest BCUT2D eigenvalue weighted by molar-refractivity contribution is 1.24. The van der Waals surface area contributed by atoms with Crippen LogP contribution >= 0.6 is 0 Å². The molecule has 1 aromatic carbocycles. The molecule has 0 aliphatic rings. The van der Waals surface area contributed by atoms with Crippen LogP contribution in [0.15, 0.2) is 18.2 Å². The maximum absolute atomic E-state index is 7.37. The Morgan fingerprint density at radius 3 is 2.53 bits per heavy atom. The number of aromatic nitrogens is 2. The van der Waals surface area contributed by atoms with E-state index in [4.69, 9.17) is 22.3 Å². The number of benzene rings is 1. The predicted molar refractivity (Wildman–Crippen MR) is 58.1 cm³/mol. The van der Waals surface area contributed by atoms with Crippen molar-refractivity contribution in [2.75, 3.05) is 0 Å². The summed E-state index contributed by atoms with van der Waals surface area (Å²) in [5.74, 6) is 0.0987. The van der Waals surface area contributed by atoms with Gasteiger partial charge in [-0.15, -0.1) is 0 Å². The number of fused-ring (bicyclic) bond motifs is 1. The molecule has 0 unspecified atom stereocenters. The SMILES string of the molecule is N=C(N)c1nc2c(C(=N)N)cccc2[nH]1. The highest BCUT2D eigenvalue weighted by atomic mass is 15.0. The number of nitrogens with two attached hydrogens (primary N) is 2. The van der Waals surface area contributed by atoms with Gasteiger partial charge in [0.15, 0.2) is 11.7 Å². The van der Waals surface area contributed by atoms with E-state index >= 15 is 0 Å². The van der Waals surface area contributed by atoms with Crippen molar-refractivity contribution in [3.05, 3.63) is 29.6 Å². The number of aromatic amines is 1. The first-order valence-corrected chi connectivity index (χ1v) is 4.27. The third-order valence-electron chi connectivity index (χ3n) is 2.06. The number of imidazole rings is 1. The van der Waals surface area contributed by atoms with Crippen LogP contribution in [-0.2, 0) is 0 Å².